The van der Waals surface area contributed by atoms with Crippen molar-refractivity contribution in [2.45, 2.75) is 39.7 Å². The maximum Gasteiger partial charge on any atom is 0.281 e. The van der Waals surface area contributed by atoms with Crippen LogP contribution in [0.1, 0.15) is 33.6 Å². The summed E-state index contributed by atoms with van der Waals surface area (Å²) in [4.78, 5) is 0. The molecule has 0 aromatic heterocycles. The monoisotopic (exact) mass is 277 g/mol. The zero-order chi connectivity index (χ0) is 13.9. The lowest BCUT2D eigenvalue weighted by Crippen LogP contribution is -2.50. The van der Waals surface area contributed by atoms with E-state index in [-0.39, 0.29) is 12.0 Å². The Labute approximate surface area is 109 Å². The minimum absolute atomic E-state index is 0.0130. The lowest BCUT2D eigenvalue weighted by Gasteiger charge is -2.35. The molecule has 1 aliphatic rings. The van der Waals surface area contributed by atoms with Gasteiger partial charge in [0.1, 0.15) is 0 Å². The Morgan fingerprint density at radius 1 is 1.56 bits per heavy atom. The smallest absolute Gasteiger partial charge is 0.281 e. The summed E-state index contributed by atoms with van der Waals surface area (Å²) in [5.41, 5.74) is 0.705. The predicted molar refractivity (Wildman–Crippen MR) is 71.0 cm³/mol. The molecule has 6 nitrogen and oxygen atoms in total. The number of rotatable bonds is 4. The average Bonchev–Trinajstić information content (AvgIpc) is 2.36. The van der Waals surface area contributed by atoms with E-state index in [0.717, 1.165) is 6.42 Å². The average molecular weight is 277 g/mol. The van der Waals surface area contributed by atoms with E-state index in [0.29, 0.717) is 25.2 Å². The highest BCUT2D eigenvalue weighted by molar-refractivity contribution is 7.86. The van der Waals surface area contributed by atoms with Crippen LogP contribution >= 0.6 is 0 Å². The van der Waals surface area contributed by atoms with Gasteiger partial charge < -0.3 is 5.21 Å². The zero-order valence-electron chi connectivity index (χ0n) is 11.5. The molecule has 1 saturated heterocycles. The second kappa shape index (κ2) is 5.99. The van der Waals surface area contributed by atoms with Gasteiger partial charge in [0.2, 0.25) is 0 Å². The summed E-state index contributed by atoms with van der Waals surface area (Å²) in [6.07, 6.45) is 1.27. The van der Waals surface area contributed by atoms with Gasteiger partial charge in [-0.25, -0.2) is 0 Å². The van der Waals surface area contributed by atoms with Gasteiger partial charge in [-0.1, -0.05) is 12.1 Å². The van der Waals surface area contributed by atoms with Crippen molar-refractivity contribution < 1.29 is 13.6 Å². The minimum Gasteiger partial charge on any atom is -0.411 e. The SMILES string of the molecule is CCC1CN(S(=O)(=O)N(C)C(C)C)CCC1=NO. The van der Waals surface area contributed by atoms with Crippen molar-refractivity contribution >= 4 is 15.9 Å². The normalized spacial score (nSPS) is 25.2. The molecule has 0 spiro atoms. The quantitative estimate of drug-likeness (QED) is 0.618. The zero-order valence-corrected chi connectivity index (χ0v) is 12.3. The van der Waals surface area contributed by atoms with E-state index >= 15 is 0 Å². The summed E-state index contributed by atoms with van der Waals surface area (Å²) in [5, 5.41) is 12.2. The van der Waals surface area contributed by atoms with Gasteiger partial charge in [0.25, 0.3) is 10.2 Å². The van der Waals surface area contributed by atoms with Crippen LogP contribution in [0.5, 0.6) is 0 Å². The Morgan fingerprint density at radius 3 is 2.61 bits per heavy atom. The van der Waals surface area contributed by atoms with Gasteiger partial charge in [-0.15, -0.1) is 0 Å². The van der Waals surface area contributed by atoms with Crippen LogP contribution in [0, 0.1) is 5.92 Å². The molecular formula is C11H23N3O3S. The molecule has 1 atom stereocenters. The first-order valence-corrected chi connectivity index (χ1v) is 7.68. The number of oxime groups is 1. The molecule has 1 unspecified atom stereocenters. The summed E-state index contributed by atoms with van der Waals surface area (Å²) in [5.74, 6) is 0.0130. The molecule has 1 aliphatic heterocycles. The standard InChI is InChI=1S/C11H23N3O3S/c1-5-10-8-14(7-6-11(10)12-15)18(16,17)13(4)9(2)3/h9-10,15H,5-8H2,1-4H3. The van der Waals surface area contributed by atoms with Crippen LogP contribution in [-0.4, -0.2) is 54.1 Å². The minimum atomic E-state index is -3.41. The molecule has 7 heteroatoms. The molecule has 0 bridgehead atoms. The highest BCUT2D eigenvalue weighted by Gasteiger charge is 2.35. The van der Waals surface area contributed by atoms with E-state index < -0.39 is 10.2 Å². The predicted octanol–water partition coefficient (Wildman–Crippen LogP) is 1.13. The topological polar surface area (TPSA) is 73.2 Å². The van der Waals surface area contributed by atoms with Gasteiger partial charge in [-0.05, 0) is 20.3 Å². The summed E-state index contributed by atoms with van der Waals surface area (Å²) in [6.45, 7) is 6.45. The van der Waals surface area contributed by atoms with Gasteiger partial charge in [-0.2, -0.15) is 17.0 Å². The maximum atomic E-state index is 12.3. The lowest BCUT2D eigenvalue weighted by atomic mass is 9.95. The van der Waals surface area contributed by atoms with Gasteiger partial charge in [0.05, 0.1) is 5.71 Å². The summed E-state index contributed by atoms with van der Waals surface area (Å²) >= 11 is 0. The summed E-state index contributed by atoms with van der Waals surface area (Å²) in [7, 11) is -1.81. The number of hydrogen-bond acceptors (Lipinski definition) is 4. The Bertz CT molecular complexity index is 406. The molecule has 0 amide bonds. The van der Waals surface area contributed by atoms with Crippen molar-refractivity contribution in [2.24, 2.45) is 11.1 Å². The second-order valence-corrected chi connectivity index (χ2v) is 6.91. The van der Waals surface area contributed by atoms with Gasteiger partial charge in [0.15, 0.2) is 0 Å². The molecular weight excluding hydrogens is 254 g/mol. The Morgan fingerprint density at radius 2 is 2.17 bits per heavy atom. The van der Waals surface area contributed by atoms with E-state index in [2.05, 4.69) is 5.16 Å². The fourth-order valence-electron chi connectivity index (χ4n) is 2.04. The van der Waals surface area contributed by atoms with E-state index in [1.807, 2.05) is 20.8 Å². The fourth-order valence-corrected chi connectivity index (χ4v) is 3.63. The van der Waals surface area contributed by atoms with Crippen LogP contribution in [0.4, 0.5) is 0 Å². The maximum absolute atomic E-state index is 12.3. The van der Waals surface area contributed by atoms with Crippen molar-refractivity contribution in [1.82, 2.24) is 8.61 Å². The molecule has 0 aromatic carbocycles. The molecule has 0 aliphatic carbocycles. The molecule has 18 heavy (non-hydrogen) atoms. The molecule has 1 heterocycles. The third-order valence-corrected chi connectivity index (χ3v) is 5.69. The first-order valence-electron chi connectivity index (χ1n) is 6.28. The molecule has 0 radical (unpaired) electrons. The van der Waals surface area contributed by atoms with Crippen molar-refractivity contribution in [2.75, 3.05) is 20.1 Å². The number of nitrogens with zero attached hydrogens (tertiary/aromatic N) is 3. The lowest BCUT2D eigenvalue weighted by molar-refractivity contribution is 0.283. The summed E-state index contributed by atoms with van der Waals surface area (Å²) < 4.78 is 27.5. The van der Waals surface area contributed by atoms with Crippen molar-refractivity contribution in [3.8, 4) is 0 Å². The van der Waals surface area contributed by atoms with Crippen LogP contribution in [0.25, 0.3) is 0 Å². The highest BCUT2D eigenvalue weighted by Crippen LogP contribution is 2.22. The Hall–Kier alpha value is -0.660. The van der Waals surface area contributed by atoms with Crippen molar-refractivity contribution in [3.05, 3.63) is 0 Å². The van der Waals surface area contributed by atoms with E-state index in [1.165, 1.54) is 8.61 Å². The fraction of sp³-hybridized carbons (Fsp3) is 0.909. The van der Waals surface area contributed by atoms with Crippen LogP contribution in [-0.2, 0) is 10.2 Å². The molecule has 1 N–H and O–H groups in total. The van der Waals surface area contributed by atoms with Crippen molar-refractivity contribution in [1.29, 1.82) is 0 Å². The number of hydrogen-bond donors (Lipinski definition) is 1. The third-order valence-electron chi connectivity index (χ3n) is 3.55. The van der Waals surface area contributed by atoms with Crippen LogP contribution in [0.15, 0.2) is 5.16 Å². The van der Waals surface area contributed by atoms with E-state index in [9.17, 15) is 8.42 Å². The second-order valence-electron chi connectivity index (χ2n) is 4.92. The van der Waals surface area contributed by atoms with E-state index in [1.54, 1.807) is 7.05 Å². The van der Waals surface area contributed by atoms with Crippen molar-refractivity contribution in [3.63, 3.8) is 0 Å². The highest BCUT2D eigenvalue weighted by atomic mass is 32.2. The Kier molecular flexibility index (Phi) is 5.12. The van der Waals surface area contributed by atoms with Gasteiger partial charge in [0, 0.05) is 38.5 Å². The van der Waals surface area contributed by atoms with E-state index in [4.69, 9.17) is 5.21 Å². The van der Waals surface area contributed by atoms with Gasteiger partial charge in [-0.3, -0.25) is 0 Å². The molecule has 0 aromatic rings. The van der Waals surface area contributed by atoms with Crippen LogP contribution in [0.2, 0.25) is 0 Å². The largest absolute Gasteiger partial charge is 0.411 e. The summed E-state index contributed by atoms with van der Waals surface area (Å²) in [6, 6.07) is -0.0667. The third kappa shape index (κ3) is 3.02. The first-order chi connectivity index (χ1) is 8.34. The molecule has 1 fully saturated rings. The molecule has 0 saturated carbocycles. The Balaban J connectivity index is 2.87. The molecule has 1 rings (SSSR count). The van der Waals surface area contributed by atoms with Crippen LogP contribution < -0.4 is 0 Å². The first kappa shape index (κ1) is 15.4. The van der Waals surface area contributed by atoms with Gasteiger partial charge >= 0.3 is 0 Å². The number of piperidine rings is 1. The molecule has 106 valence electrons. The van der Waals surface area contributed by atoms with Crippen LogP contribution in [0.3, 0.4) is 0 Å².